The fourth-order valence-corrected chi connectivity index (χ4v) is 3.30. The maximum Gasteiger partial charge on any atom is 0.318 e. The maximum atomic E-state index is 12.5. The molecule has 2 aromatic carbocycles. The number of amides is 3. The van der Waals surface area contributed by atoms with Crippen LogP contribution in [0.1, 0.15) is 31.0 Å². The number of carbonyl (C=O) groups is 2. The zero-order valence-electron chi connectivity index (χ0n) is 14.5. The van der Waals surface area contributed by atoms with E-state index in [9.17, 15) is 9.59 Å². The number of rotatable bonds is 4. The number of hydrogen-bond acceptors (Lipinski definition) is 2. The minimum Gasteiger partial charge on any atom is -0.334 e. The summed E-state index contributed by atoms with van der Waals surface area (Å²) < 4.78 is 0. The van der Waals surface area contributed by atoms with Gasteiger partial charge in [0.2, 0.25) is 5.91 Å². The molecule has 5 nitrogen and oxygen atoms in total. The van der Waals surface area contributed by atoms with E-state index >= 15 is 0 Å². The van der Waals surface area contributed by atoms with E-state index in [0.717, 1.165) is 17.8 Å². The lowest BCUT2D eigenvalue weighted by Crippen LogP contribution is -2.54. The molecule has 3 rings (SSSR count). The summed E-state index contributed by atoms with van der Waals surface area (Å²) in [6.45, 7) is 4.83. The van der Waals surface area contributed by atoms with Crippen LogP contribution in [0.15, 0.2) is 54.6 Å². The molecule has 0 aromatic heterocycles. The molecule has 25 heavy (non-hydrogen) atoms. The minimum absolute atomic E-state index is 0.0584. The van der Waals surface area contributed by atoms with E-state index in [1.165, 1.54) is 12.5 Å². The van der Waals surface area contributed by atoms with Crippen molar-refractivity contribution in [1.82, 2.24) is 10.2 Å². The molecular weight excluding hydrogens is 314 g/mol. The molecule has 2 atom stereocenters. The first-order valence-corrected chi connectivity index (χ1v) is 8.50. The van der Waals surface area contributed by atoms with Gasteiger partial charge in [-0.3, -0.25) is 4.79 Å². The molecule has 0 spiro atoms. The van der Waals surface area contributed by atoms with Crippen molar-refractivity contribution in [3.8, 4) is 0 Å². The molecule has 1 fully saturated rings. The number of anilines is 1. The third-order valence-corrected chi connectivity index (χ3v) is 4.45. The third-order valence-electron chi connectivity index (χ3n) is 4.45. The van der Waals surface area contributed by atoms with E-state index in [4.69, 9.17) is 0 Å². The molecule has 1 aliphatic rings. The van der Waals surface area contributed by atoms with Gasteiger partial charge in [0.05, 0.1) is 6.04 Å². The van der Waals surface area contributed by atoms with Gasteiger partial charge in [-0.2, -0.15) is 0 Å². The highest BCUT2D eigenvalue weighted by Gasteiger charge is 2.39. The highest BCUT2D eigenvalue weighted by atomic mass is 16.2. The van der Waals surface area contributed by atoms with Gasteiger partial charge in [0.15, 0.2) is 0 Å². The molecule has 1 heterocycles. The molecule has 1 aliphatic heterocycles. The van der Waals surface area contributed by atoms with E-state index in [0.29, 0.717) is 12.5 Å². The van der Waals surface area contributed by atoms with E-state index < -0.39 is 0 Å². The van der Waals surface area contributed by atoms with Crippen molar-refractivity contribution >= 4 is 17.6 Å². The molecule has 0 saturated carbocycles. The lowest BCUT2D eigenvalue weighted by atomic mass is 9.85. The topological polar surface area (TPSA) is 61.4 Å². The molecule has 2 N–H and O–H groups in total. The van der Waals surface area contributed by atoms with Crippen molar-refractivity contribution in [3.05, 3.63) is 65.7 Å². The summed E-state index contributed by atoms with van der Waals surface area (Å²) in [5, 5.41) is 5.73. The number of benzene rings is 2. The zero-order chi connectivity index (χ0) is 17.8. The first-order valence-electron chi connectivity index (χ1n) is 8.50. The Morgan fingerprint density at radius 3 is 2.56 bits per heavy atom. The van der Waals surface area contributed by atoms with Crippen LogP contribution in [-0.2, 0) is 11.3 Å². The van der Waals surface area contributed by atoms with Crippen LogP contribution in [0.4, 0.5) is 10.5 Å². The second-order valence-corrected chi connectivity index (χ2v) is 6.53. The van der Waals surface area contributed by atoms with E-state index in [1.54, 1.807) is 0 Å². The molecule has 0 aliphatic carbocycles. The van der Waals surface area contributed by atoms with Crippen molar-refractivity contribution in [2.75, 3.05) is 11.9 Å². The average Bonchev–Trinajstić information content (AvgIpc) is 2.58. The highest BCUT2D eigenvalue weighted by molar-refractivity contribution is 5.88. The number of nitrogens with one attached hydrogen (secondary N) is 2. The number of hydrogen-bond donors (Lipinski definition) is 2. The predicted octanol–water partition coefficient (Wildman–Crippen LogP) is 3.55. The quantitative estimate of drug-likeness (QED) is 0.896. The second kappa shape index (κ2) is 7.38. The molecule has 1 saturated heterocycles. The monoisotopic (exact) mass is 337 g/mol. The molecule has 130 valence electrons. The summed E-state index contributed by atoms with van der Waals surface area (Å²) in [4.78, 5) is 25.5. The summed E-state index contributed by atoms with van der Waals surface area (Å²) in [5.41, 5.74) is 2.85. The first kappa shape index (κ1) is 17.0. The van der Waals surface area contributed by atoms with Gasteiger partial charge in [-0.1, -0.05) is 49.4 Å². The lowest BCUT2D eigenvalue weighted by Gasteiger charge is -2.46. The SMILES string of the molecule is CC(=O)Nc1cccc(CNC(=O)N2CC(C)C2c2ccccc2)c1. The van der Waals surface area contributed by atoms with Gasteiger partial charge in [-0.15, -0.1) is 0 Å². The minimum atomic E-state index is -0.110. The fraction of sp³-hybridized carbons (Fsp3) is 0.300. The molecule has 2 aromatic rings. The summed E-state index contributed by atoms with van der Waals surface area (Å²) in [6.07, 6.45) is 0. The first-order chi connectivity index (χ1) is 12.0. The van der Waals surface area contributed by atoms with Gasteiger partial charge < -0.3 is 15.5 Å². The molecule has 0 radical (unpaired) electrons. The van der Waals surface area contributed by atoms with Crippen LogP contribution in [0.2, 0.25) is 0 Å². The van der Waals surface area contributed by atoms with Crippen molar-refractivity contribution in [3.63, 3.8) is 0 Å². The van der Waals surface area contributed by atoms with Crippen LogP contribution in [0, 0.1) is 5.92 Å². The zero-order valence-corrected chi connectivity index (χ0v) is 14.5. The van der Waals surface area contributed by atoms with Crippen LogP contribution >= 0.6 is 0 Å². The second-order valence-electron chi connectivity index (χ2n) is 6.53. The molecule has 2 unspecified atom stereocenters. The lowest BCUT2D eigenvalue weighted by molar-refractivity contribution is -0.114. The molecule has 0 bridgehead atoms. The molecular formula is C20H23N3O2. The number of nitrogens with zero attached hydrogens (tertiary/aromatic N) is 1. The smallest absolute Gasteiger partial charge is 0.318 e. The van der Waals surface area contributed by atoms with Crippen LogP contribution in [0.25, 0.3) is 0 Å². The Morgan fingerprint density at radius 2 is 1.88 bits per heavy atom. The normalized spacial score (nSPS) is 19.0. The number of carbonyl (C=O) groups excluding carboxylic acids is 2. The van der Waals surface area contributed by atoms with Gasteiger partial charge in [0.1, 0.15) is 0 Å². The summed E-state index contributed by atoms with van der Waals surface area (Å²) in [5.74, 6) is 0.345. The Bertz CT molecular complexity index is 761. The van der Waals surface area contributed by atoms with E-state index in [1.807, 2.05) is 47.4 Å². The van der Waals surface area contributed by atoms with Gasteiger partial charge in [0.25, 0.3) is 0 Å². The van der Waals surface area contributed by atoms with Crippen LogP contribution in [0.3, 0.4) is 0 Å². The maximum absolute atomic E-state index is 12.5. The molecule has 3 amide bonds. The highest BCUT2D eigenvalue weighted by Crippen LogP contribution is 2.38. The standard InChI is InChI=1S/C20H23N3O2/c1-14-13-23(19(14)17-8-4-3-5-9-17)20(25)21-12-16-7-6-10-18(11-16)22-15(2)24/h3-11,14,19H,12-13H2,1-2H3,(H,21,25)(H,22,24). The largest absolute Gasteiger partial charge is 0.334 e. The Balaban J connectivity index is 1.60. The Labute approximate surface area is 148 Å². The number of likely N-dealkylation sites (tertiary alicyclic amines) is 1. The van der Waals surface area contributed by atoms with Gasteiger partial charge >= 0.3 is 6.03 Å². The Morgan fingerprint density at radius 1 is 1.12 bits per heavy atom. The summed E-state index contributed by atoms with van der Waals surface area (Å²) in [7, 11) is 0. The number of urea groups is 1. The van der Waals surface area contributed by atoms with Crippen LogP contribution < -0.4 is 10.6 Å². The van der Waals surface area contributed by atoms with Crippen LogP contribution in [-0.4, -0.2) is 23.4 Å². The van der Waals surface area contributed by atoms with Crippen molar-refractivity contribution in [2.45, 2.75) is 26.4 Å². The van der Waals surface area contributed by atoms with E-state index in [-0.39, 0.29) is 18.0 Å². The molecule has 5 heteroatoms. The van der Waals surface area contributed by atoms with Crippen molar-refractivity contribution in [1.29, 1.82) is 0 Å². The fourth-order valence-electron chi connectivity index (χ4n) is 3.30. The van der Waals surface area contributed by atoms with Crippen molar-refractivity contribution in [2.24, 2.45) is 5.92 Å². The summed E-state index contributed by atoms with van der Waals surface area (Å²) >= 11 is 0. The van der Waals surface area contributed by atoms with Crippen LogP contribution in [0.5, 0.6) is 0 Å². The Hall–Kier alpha value is -2.82. The Kier molecular flexibility index (Phi) is 5.03. The van der Waals surface area contributed by atoms with Gasteiger partial charge in [0, 0.05) is 25.7 Å². The third kappa shape index (κ3) is 3.99. The van der Waals surface area contributed by atoms with Gasteiger partial charge in [-0.05, 0) is 29.2 Å². The van der Waals surface area contributed by atoms with Crippen molar-refractivity contribution < 1.29 is 9.59 Å². The van der Waals surface area contributed by atoms with E-state index in [2.05, 4.69) is 29.7 Å². The summed E-state index contributed by atoms with van der Waals surface area (Å²) in [6, 6.07) is 17.7. The van der Waals surface area contributed by atoms with Gasteiger partial charge in [-0.25, -0.2) is 4.79 Å². The predicted molar refractivity (Wildman–Crippen MR) is 98.0 cm³/mol. The average molecular weight is 337 g/mol.